The minimum Gasteiger partial charge on any atom is -0.309 e. The van der Waals surface area contributed by atoms with Gasteiger partial charge in [-0.1, -0.05) is 18.2 Å². The molecule has 2 N–H and O–H groups in total. The van der Waals surface area contributed by atoms with Gasteiger partial charge in [-0.25, -0.2) is 26.3 Å². The molecule has 2 aromatic carbocycles. The second-order valence-electron chi connectivity index (χ2n) is 7.34. The maximum Gasteiger partial charge on any atom is 0.209 e. The summed E-state index contributed by atoms with van der Waals surface area (Å²) in [6, 6.07) is 7.34. The predicted octanol–water partition coefficient (Wildman–Crippen LogP) is 2.59. The minimum absolute atomic E-state index is 0.113. The number of hydrogen-bond acceptors (Lipinski definition) is 3. The van der Waals surface area contributed by atoms with E-state index in [0.29, 0.717) is 5.56 Å². The second-order valence-corrected chi connectivity index (χ2v) is 9.12. The molecule has 0 bridgehead atoms. The number of hydrogen-bond donors (Lipinski definition) is 2. The molecule has 0 spiro atoms. The number of halogens is 3. The molecule has 0 amide bonds. The number of rotatable bonds is 5. The summed E-state index contributed by atoms with van der Waals surface area (Å²) >= 11 is 0. The van der Waals surface area contributed by atoms with Crippen LogP contribution in [0, 0.1) is 23.4 Å². The van der Waals surface area contributed by atoms with Crippen LogP contribution >= 0.6 is 0 Å². The Labute approximate surface area is 155 Å². The van der Waals surface area contributed by atoms with Crippen molar-refractivity contribution in [3.8, 4) is 11.1 Å². The lowest BCUT2D eigenvalue weighted by Gasteiger charge is -2.23. The SMILES string of the molecule is CS(=O)(=O)NC1C(Cc2cccc(-c3cc(F)cc(F)c3)c2F)NC2CC21. The highest BCUT2D eigenvalue weighted by Gasteiger charge is 2.54. The number of piperidine rings is 1. The monoisotopic (exact) mass is 396 g/mol. The first-order valence-corrected chi connectivity index (χ1v) is 10.6. The van der Waals surface area contributed by atoms with E-state index in [4.69, 9.17) is 0 Å². The lowest BCUT2D eigenvalue weighted by molar-refractivity contribution is 0.435. The Hall–Kier alpha value is -1.90. The van der Waals surface area contributed by atoms with Gasteiger partial charge in [-0.05, 0) is 42.0 Å². The fraction of sp³-hybridized carbons (Fsp3) is 0.368. The van der Waals surface area contributed by atoms with Gasteiger partial charge in [-0.3, -0.25) is 0 Å². The smallest absolute Gasteiger partial charge is 0.209 e. The molecule has 4 rings (SSSR count). The lowest BCUT2D eigenvalue weighted by atomic mass is 9.95. The van der Waals surface area contributed by atoms with Crippen LogP contribution in [0.4, 0.5) is 13.2 Å². The summed E-state index contributed by atoms with van der Waals surface area (Å²) in [6.07, 6.45) is 2.28. The van der Waals surface area contributed by atoms with Crippen molar-refractivity contribution >= 4 is 10.0 Å². The van der Waals surface area contributed by atoms with Gasteiger partial charge in [0.25, 0.3) is 0 Å². The van der Waals surface area contributed by atoms with E-state index in [1.54, 1.807) is 12.1 Å². The van der Waals surface area contributed by atoms with E-state index in [-0.39, 0.29) is 41.6 Å². The lowest BCUT2D eigenvalue weighted by Crippen LogP contribution is -2.47. The van der Waals surface area contributed by atoms with Gasteiger partial charge in [0.05, 0.1) is 6.26 Å². The molecule has 1 saturated carbocycles. The molecule has 8 heteroatoms. The van der Waals surface area contributed by atoms with Gasteiger partial charge in [0.2, 0.25) is 10.0 Å². The third-order valence-electron chi connectivity index (χ3n) is 5.20. The molecule has 0 radical (unpaired) electrons. The van der Waals surface area contributed by atoms with Crippen molar-refractivity contribution in [2.75, 3.05) is 6.26 Å². The molecule has 4 atom stereocenters. The van der Waals surface area contributed by atoms with Gasteiger partial charge in [0.1, 0.15) is 17.5 Å². The Morgan fingerprint density at radius 2 is 1.85 bits per heavy atom. The highest BCUT2D eigenvalue weighted by Crippen LogP contribution is 2.42. The number of nitrogens with one attached hydrogen (secondary N) is 2. The molecular weight excluding hydrogens is 377 g/mol. The zero-order valence-corrected chi connectivity index (χ0v) is 15.4. The summed E-state index contributed by atoms with van der Waals surface area (Å²) in [7, 11) is -3.38. The summed E-state index contributed by atoms with van der Waals surface area (Å²) < 4.78 is 67.9. The van der Waals surface area contributed by atoms with E-state index in [9.17, 15) is 17.2 Å². The molecule has 0 aromatic heterocycles. The summed E-state index contributed by atoms with van der Waals surface area (Å²) in [5.74, 6) is -1.88. The molecule has 27 heavy (non-hydrogen) atoms. The summed E-state index contributed by atoms with van der Waals surface area (Å²) in [6.45, 7) is 0. The van der Waals surface area contributed by atoms with Crippen LogP contribution in [0.1, 0.15) is 12.0 Å². The topological polar surface area (TPSA) is 58.2 Å². The molecule has 2 fully saturated rings. The van der Waals surface area contributed by atoms with Crippen molar-refractivity contribution in [1.29, 1.82) is 0 Å². The minimum atomic E-state index is -3.38. The first kappa shape index (κ1) is 18.5. The van der Waals surface area contributed by atoms with Crippen LogP contribution in [0.3, 0.4) is 0 Å². The van der Waals surface area contributed by atoms with E-state index < -0.39 is 27.5 Å². The van der Waals surface area contributed by atoms with E-state index in [2.05, 4.69) is 10.0 Å². The quantitative estimate of drug-likeness (QED) is 0.817. The largest absolute Gasteiger partial charge is 0.309 e. The van der Waals surface area contributed by atoms with E-state index in [1.165, 1.54) is 6.07 Å². The fourth-order valence-electron chi connectivity index (χ4n) is 3.99. The number of sulfonamides is 1. The highest BCUT2D eigenvalue weighted by molar-refractivity contribution is 7.88. The van der Waals surface area contributed by atoms with Crippen molar-refractivity contribution in [1.82, 2.24) is 10.0 Å². The summed E-state index contributed by atoms with van der Waals surface area (Å²) in [5, 5.41) is 3.34. The Morgan fingerprint density at radius 1 is 1.15 bits per heavy atom. The van der Waals surface area contributed by atoms with E-state index in [0.717, 1.165) is 30.9 Å². The van der Waals surface area contributed by atoms with Crippen molar-refractivity contribution in [3.63, 3.8) is 0 Å². The Bertz CT molecular complexity index is 976. The third-order valence-corrected chi connectivity index (χ3v) is 5.91. The van der Waals surface area contributed by atoms with Gasteiger partial charge >= 0.3 is 0 Å². The maximum absolute atomic E-state index is 15.0. The molecule has 4 unspecified atom stereocenters. The van der Waals surface area contributed by atoms with Gasteiger partial charge in [0.15, 0.2) is 0 Å². The normalized spacial score (nSPS) is 26.8. The van der Waals surface area contributed by atoms with Crippen LogP contribution < -0.4 is 10.0 Å². The number of fused-ring (bicyclic) bond motifs is 1. The average molecular weight is 396 g/mol. The molecule has 144 valence electrons. The average Bonchev–Trinajstić information content (AvgIpc) is 3.24. The van der Waals surface area contributed by atoms with Crippen molar-refractivity contribution in [3.05, 3.63) is 59.4 Å². The summed E-state index contributed by atoms with van der Waals surface area (Å²) in [5.41, 5.74) is 0.609. The van der Waals surface area contributed by atoms with Crippen LogP contribution in [0.5, 0.6) is 0 Å². The van der Waals surface area contributed by atoms with Crippen LogP contribution in [-0.2, 0) is 16.4 Å². The van der Waals surface area contributed by atoms with Crippen molar-refractivity contribution < 1.29 is 21.6 Å². The molecule has 4 nitrogen and oxygen atoms in total. The molecule has 2 aromatic rings. The second kappa shape index (κ2) is 6.61. The standard InChI is InChI=1S/C19H19F3N2O2S/c1-27(25,26)24-19-15-9-16(15)23-17(19)7-10-3-2-4-14(18(10)22)11-5-12(20)8-13(21)6-11/h2-6,8,15-17,19,23-24H,7,9H2,1H3. The third kappa shape index (κ3) is 3.88. The van der Waals surface area contributed by atoms with Crippen LogP contribution in [-0.4, -0.2) is 32.8 Å². The van der Waals surface area contributed by atoms with E-state index >= 15 is 4.39 Å². The number of benzene rings is 2. The fourth-order valence-corrected chi connectivity index (χ4v) is 4.82. The zero-order chi connectivity index (χ0) is 19.3. The molecule has 1 heterocycles. The molecule has 1 saturated heterocycles. The molecule has 2 aliphatic rings. The first-order chi connectivity index (χ1) is 12.7. The van der Waals surface area contributed by atoms with Crippen molar-refractivity contribution in [2.24, 2.45) is 5.92 Å². The Balaban J connectivity index is 1.61. The molecule has 1 aliphatic carbocycles. The van der Waals surface area contributed by atoms with Gasteiger partial charge in [0, 0.05) is 29.8 Å². The summed E-state index contributed by atoms with van der Waals surface area (Å²) in [4.78, 5) is 0. The van der Waals surface area contributed by atoms with Crippen LogP contribution in [0.25, 0.3) is 11.1 Å². The highest BCUT2D eigenvalue weighted by atomic mass is 32.2. The van der Waals surface area contributed by atoms with Gasteiger partial charge in [-0.2, -0.15) is 0 Å². The maximum atomic E-state index is 15.0. The first-order valence-electron chi connectivity index (χ1n) is 8.68. The van der Waals surface area contributed by atoms with Crippen molar-refractivity contribution in [2.45, 2.75) is 31.0 Å². The Morgan fingerprint density at radius 3 is 2.52 bits per heavy atom. The van der Waals surface area contributed by atoms with E-state index in [1.807, 2.05) is 0 Å². The van der Waals surface area contributed by atoms with Gasteiger partial charge in [-0.15, -0.1) is 0 Å². The van der Waals surface area contributed by atoms with Crippen LogP contribution in [0.2, 0.25) is 0 Å². The molecule has 1 aliphatic heterocycles. The Kier molecular flexibility index (Phi) is 4.52. The predicted molar refractivity (Wildman–Crippen MR) is 96.0 cm³/mol. The van der Waals surface area contributed by atoms with Gasteiger partial charge < -0.3 is 5.32 Å². The molecular formula is C19H19F3N2O2S. The van der Waals surface area contributed by atoms with Crippen LogP contribution in [0.15, 0.2) is 36.4 Å². The zero-order valence-electron chi connectivity index (χ0n) is 14.5.